The second kappa shape index (κ2) is 5.80. The topological polar surface area (TPSA) is 32.3 Å². The average molecular weight is 305 g/mol. The van der Waals surface area contributed by atoms with Crippen molar-refractivity contribution in [3.8, 4) is 0 Å². The molecule has 0 aliphatic rings. The van der Waals surface area contributed by atoms with Gasteiger partial charge in [0.15, 0.2) is 0 Å². The summed E-state index contributed by atoms with van der Waals surface area (Å²) in [7, 11) is 0. The number of rotatable bonds is 4. The number of carbonyl (C=O) groups is 1. The number of hydrazine groups is 1. The van der Waals surface area contributed by atoms with Crippen LogP contribution in [0.1, 0.15) is 37.4 Å². The highest BCUT2D eigenvalue weighted by Crippen LogP contribution is 2.23. The Labute approximate surface area is 109 Å². The van der Waals surface area contributed by atoms with Crippen molar-refractivity contribution in [1.82, 2.24) is 10.4 Å². The largest absolute Gasteiger partial charge is 0.278 e. The maximum absolute atomic E-state index is 12.2. The lowest BCUT2D eigenvalue weighted by molar-refractivity contribution is 0.0555. The van der Waals surface area contributed by atoms with Gasteiger partial charge in [-0.25, -0.2) is 5.43 Å². The van der Waals surface area contributed by atoms with Gasteiger partial charge in [0, 0.05) is 12.1 Å². The minimum Gasteiger partial charge on any atom is -0.270 e. The zero-order valence-corrected chi connectivity index (χ0v) is 12.4. The molecule has 1 amide bonds. The molecule has 0 radical (unpaired) electrons. The SMILES string of the molecule is CC(C)NN(C(=O)c1ccc(Br)s1)C(C)C. The van der Waals surface area contributed by atoms with Crippen molar-refractivity contribution in [2.45, 2.75) is 39.8 Å². The van der Waals surface area contributed by atoms with Crippen LogP contribution in [0, 0.1) is 0 Å². The van der Waals surface area contributed by atoms with Crippen molar-refractivity contribution in [1.29, 1.82) is 0 Å². The summed E-state index contributed by atoms with van der Waals surface area (Å²) in [6.45, 7) is 8.03. The van der Waals surface area contributed by atoms with Crippen molar-refractivity contribution < 1.29 is 4.79 Å². The van der Waals surface area contributed by atoms with Gasteiger partial charge in [-0.3, -0.25) is 9.80 Å². The molecule has 1 heterocycles. The Morgan fingerprint density at radius 2 is 2.00 bits per heavy atom. The Bertz CT molecular complexity index is 363. The zero-order valence-electron chi connectivity index (χ0n) is 9.95. The summed E-state index contributed by atoms with van der Waals surface area (Å²) in [6.07, 6.45) is 0. The smallest absolute Gasteiger partial charge is 0.270 e. The molecule has 1 N–H and O–H groups in total. The summed E-state index contributed by atoms with van der Waals surface area (Å²) in [6, 6.07) is 4.12. The average Bonchev–Trinajstić information content (AvgIpc) is 2.59. The second-order valence-electron chi connectivity index (χ2n) is 4.16. The number of nitrogens with one attached hydrogen (secondary N) is 1. The summed E-state index contributed by atoms with van der Waals surface area (Å²) < 4.78 is 0.976. The minimum atomic E-state index is 0.0272. The fraction of sp³-hybridized carbons (Fsp3) is 0.545. The Morgan fingerprint density at radius 1 is 1.38 bits per heavy atom. The van der Waals surface area contributed by atoms with Gasteiger partial charge in [-0.15, -0.1) is 11.3 Å². The van der Waals surface area contributed by atoms with Gasteiger partial charge in [0.2, 0.25) is 0 Å². The molecule has 1 aromatic heterocycles. The quantitative estimate of drug-likeness (QED) is 0.866. The lowest BCUT2D eigenvalue weighted by atomic mass is 10.3. The molecule has 0 aliphatic heterocycles. The van der Waals surface area contributed by atoms with E-state index in [0.717, 1.165) is 8.66 Å². The van der Waals surface area contributed by atoms with Crippen LogP contribution in [0.2, 0.25) is 0 Å². The summed E-state index contributed by atoms with van der Waals surface area (Å²) in [5.41, 5.74) is 3.16. The van der Waals surface area contributed by atoms with E-state index in [0.29, 0.717) is 0 Å². The molecule has 0 fully saturated rings. The molecule has 1 aromatic rings. The first-order chi connectivity index (χ1) is 7.41. The fourth-order valence-electron chi connectivity index (χ4n) is 1.27. The molecule has 1 rings (SSSR count). The summed E-state index contributed by atoms with van der Waals surface area (Å²) in [4.78, 5) is 12.9. The molecule has 90 valence electrons. The molecule has 3 nitrogen and oxygen atoms in total. The van der Waals surface area contributed by atoms with Crippen LogP contribution in [0.4, 0.5) is 0 Å². The molecular formula is C11H17BrN2OS. The van der Waals surface area contributed by atoms with Gasteiger partial charge >= 0.3 is 0 Å². The standard InChI is InChI=1S/C11H17BrN2OS/c1-7(2)13-14(8(3)4)11(15)9-5-6-10(12)16-9/h5-8,13H,1-4H3. The first-order valence-electron chi connectivity index (χ1n) is 5.27. The van der Waals surface area contributed by atoms with E-state index in [2.05, 4.69) is 21.4 Å². The fourth-order valence-corrected chi connectivity index (χ4v) is 2.59. The Kier molecular flexibility index (Phi) is 4.95. The highest BCUT2D eigenvalue weighted by molar-refractivity contribution is 9.11. The summed E-state index contributed by atoms with van der Waals surface area (Å²) >= 11 is 4.82. The summed E-state index contributed by atoms with van der Waals surface area (Å²) in [5.74, 6) is 0.0272. The van der Waals surface area contributed by atoms with Crippen LogP contribution in [0.25, 0.3) is 0 Å². The van der Waals surface area contributed by atoms with Crippen LogP contribution >= 0.6 is 27.3 Å². The van der Waals surface area contributed by atoms with Gasteiger partial charge in [-0.05, 0) is 55.8 Å². The minimum absolute atomic E-state index is 0.0272. The third kappa shape index (κ3) is 3.57. The number of halogens is 1. The molecule has 16 heavy (non-hydrogen) atoms. The van der Waals surface area contributed by atoms with E-state index in [9.17, 15) is 4.79 Å². The van der Waals surface area contributed by atoms with E-state index < -0.39 is 0 Å². The van der Waals surface area contributed by atoms with Crippen molar-refractivity contribution in [2.24, 2.45) is 0 Å². The molecule has 0 unspecified atom stereocenters. The van der Waals surface area contributed by atoms with E-state index >= 15 is 0 Å². The van der Waals surface area contributed by atoms with Crippen LogP contribution in [-0.2, 0) is 0 Å². The van der Waals surface area contributed by atoms with E-state index in [1.54, 1.807) is 5.01 Å². The van der Waals surface area contributed by atoms with Gasteiger partial charge < -0.3 is 0 Å². The second-order valence-corrected chi connectivity index (χ2v) is 6.62. The zero-order chi connectivity index (χ0) is 12.3. The highest BCUT2D eigenvalue weighted by Gasteiger charge is 2.20. The van der Waals surface area contributed by atoms with Crippen molar-refractivity contribution in [2.75, 3.05) is 0 Å². The normalized spacial score (nSPS) is 11.2. The monoisotopic (exact) mass is 304 g/mol. The first-order valence-corrected chi connectivity index (χ1v) is 6.88. The molecule has 0 saturated heterocycles. The lowest BCUT2D eigenvalue weighted by Crippen LogP contribution is -2.49. The highest BCUT2D eigenvalue weighted by atomic mass is 79.9. The van der Waals surface area contributed by atoms with E-state index in [-0.39, 0.29) is 18.0 Å². The van der Waals surface area contributed by atoms with Crippen LogP contribution in [0.3, 0.4) is 0 Å². The van der Waals surface area contributed by atoms with Crippen molar-refractivity contribution in [3.05, 3.63) is 20.8 Å². The van der Waals surface area contributed by atoms with E-state index in [1.165, 1.54) is 11.3 Å². The molecule has 0 aliphatic carbocycles. The maximum atomic E-state index is 12.2. The molecule has 0 atom stereocenters. The van der Waals surface area contributed by atoms with Gasteiger partial charge in [0.25, 0.3) is 5.91 Å². The number of amides is 1. The Morgan fingerprint density at radius 3 is 2.38 bits per heavy atom. The Balaban J connectivity index is 2.83. The maximum Gasteiger partial charge on any atom is 0.278 e. The predicted molar refractivity (Wildman–Crippen MR) is 71.6 cm³/mol. The third-order valence-electron chi connectivity index (χ3n) is 1.92. The van der Waals surface area contributed by atoms with E-state index in [4.69, 9.17) is 0 Å². The molecule has 0 saturated carbocycles. The van der Waals surface area contributed by atoms with E-state index in [1.807, 2.05) is 39.8 Å². The predicted octanol–water partition coefficient (Wildman–Crippen LogP) is 3.27. The van der Waals surface area contributed by atoms with Crippen molar-refractivity contribution in [3.63, 3.8) is 0 Å². The number of carbonyl (C=O) groups excluding carboxylic acids is 1. The number of hydrogen-bond donors (Lipinski definition) is 1. The number of nitrogens with zero attached hydrogens (tertiary/aromatic N) is 1. The van der Waals surface area contributed by atoms with Crippen molar-refractivity contribution >= 4 is 33.2 Å². The van der Waals surface area contributed by atoms with Gasteiger partial charge in [-0.2, -0.15) is 0 Å². The van der Waals surface area contributed by atoms with Gasteiger partial charge in [-0.1, -0.05) is 0 Å². The Hall–Kier alpha value is -0.390. The molecule has 5 heteroatoms. The first kappa shape index (κ1) is 13.7. The molecular weight excluding hydrogens is 288 g/mol. The van der Waals surface area contributed by atoms with Crippen LogP contribution < -0.4 is 5.43 Å². The lowest BCUT2D eigenvalue weighted by Gasteiger charge is -2.28. The summed E-state index contributed by atoms with van der Waals surface area (Å²) in [5, 5.41) is 1.68. The van der Waals surface area contributed by atoms with Crippen LogP contribution in [0.5, 0.6) is 0 Å². The number of thiophene rings is 1. The third-order valence-corrected chi connectivity index (χ3v) is 3.53. The van der Waals surface area contributed by atoms with Gasteiger partial charge in [0.1, 0.15) is 0 Å². The molecule has 0 bridgehead atoms. The molecule has 0 aromatic carbocycles. The number of hydrogen-bond acceptors (Lipinski definition) is 3. The van der Waals surface area contributed by atoms with Crippen LogP contribution in [0.15, 0.2) is 15.9 Å². The van der Waals surface area contributed by atoms with Crippen LogP contribution in [-0.4, -0.2) is 23.0 Å². The molecule has 0 spiro atoms. The van der Waals surface area contributed by atoms with Gasteiger partial charge in [0.05, 0.1) is 8.66 Å².